The van der Waals surface area contributed by atoms with E-state index in [1.54, 1.807) is 18.2 Å². The fourth-order valence-corrected chi connectivity index (χ4v) is 3.89. The maximum Gasteiger partial charge on any atom is 0.154 e. The minimum absolute atomic E-state index is 0.0502. The number of hydrogen-bond donors (Lipinski definition) is 2. The highest BCUT2D eigenvalue weighted by Crippen LogP contribution is 2.13. The van der Waals surface area contributed by atoms with Gasteiger partial charge < -0.3 is 10.4 Å². The molecular weight excluding hydrogens is 257 g/mol. The fourth-order valence-electron chi connectivity index (χ4n) is 2.12. The second-order valence-corrected chi connectivity index (χ2v) is 6.70. The van der Waals surface area contributed by atoms with Crippen molar-refractivity contribution in [2.24, 2.45) is 0 Å². The van der Waals surface area contributed by atoms with E-state index in [2.05, 4.69) is 5.32 Å². The van der Waals surface area contributed by atoms with E-state index in [0.29, 0.717) is 18.5 Å². The van der Waals surface area contributed by atoms with Crippen LogP contribution in [0.1, 0.15) is 5.56 Å². The first kappa shape index (κ1) is 13.5. The average molecular weight is 273 g/mol. The van der Waals surface area contributed by atoms with Gasteiger partial charge in [-0.2, -0.15) is 0 Å². The molecule has 1 heterocycles. The van der Waals surface area contributed by atoms with Gasteiger partial charge in [0, 0.05) is 6.04 Å². The third-order valence-electron chi connectivity index (χ3n) is 3.08. The molecule has 6 heteroatoms. The summed E-state index contributed by atoms with van der Waals surface area (Å²) >= 11 is 0. The Morgan fingerprint density at radius 1 is 1.33 bits per heavy atom. The fraction of sp³-hybridized carbons (Fsp3) is 0.500. The molecule has 0 saturated carbocycles. The number of sulfone groups is 1. The van der Waals surface area contributed by atoms with Gasteiger partial charge in [0.05, 0.1) is 17.6 Å². The van der Waals surface area contributed by atoms with Crippen LogP contribution in [0, 0.1) is 5.82 Å². The number of aliphatic hydroxyl groups excluding tert-OH is 1. The molecule has 2 rings (SSSR count). The number of benzene rings is 1. The highest BCUT2D eigenvalue weighted by molar-refractivity contribution is 7.91. The van der Waals surface area contributed by atoms with E-state index in [1.807, 2.05) is 0 Å². The van der Waals surface area contributed by atoms with Crippen LogP contribution in [0.25, 0.3) is 0 Å². The van der Waals surface area contributed by atoms with Crippen molar-refractivity contribution in [2.75, 3.05) is 18.1 Å². The van der Waals surface area contributed by atoms with Gasteiger partial charge in [-0.3, -0.25) is 0 Å². The Bertz CT molecular complexity index is 518. The van der Waals surface area contributed by atoms with Crippen LogP contribution in [-0.2, 0) is 16.3 Å². The molecule has 0 radical (unpaired) electrons. The number of halogens is 1. The van der Waals surface area contributed by atoms with E-state index in [-0.39, 0.29) is 17.3 Å². The molecule has 18 heavy (non-hydrogen) atoms. The molecule has 0 aliphatic carbocycles. The van der Waals surface area contributed by atoms with E-state index in [4.69, 9.17) is 0 Å². The molecule has 0 spiro atoms. The quantitative estimate of drug-likeness (QED) is 0.817. The lowest BCUT2D eigenvalue weighted by Gasteiger charge is -2.14. The summed E-state index contributed by atoms with van der Waals surface area (Å²) in [6, 6.07) is 6.03. The van der Waals surface area contributed by atoms with Crippen LogP contribution >= 0.6 is 0 Å². The van der Waals surface area contributed by atoms with Gasteiger partial charge >= 0.3 is 0 Å². The highest BCUT2D eigenvalue weighted by Gasteiger charge is 2.35. The lowest BCUT2D eigenvalue weighted by Crippen LogP contribution is -2.39. The Hall–Kier alpha value is -0.980. The summed E-state index contributed by atoms with van der Waals surface area (Å²) in [6.07, 6.45) is -0.397. The Morgan fingerprint density at radius 2 is 2.06 bits per heavy atom. The van der Waals surface area contributed by atoms with E-state index in [0.717, 1.165) is 0 Å². The van der Waals surface area contributed by atoms with Crippen molar-refractivity contribution < 1.29 is 17.9 Å². The molecule has 1 fully saturated rings. The van der Waals surface area contributed by atoms with E-state index < -0.39 is 22.0 Å². The van der Waals surface area contributed by atoms with Gasteiger partial charge in [-0.05, 0) is 24.6 Å². The second-order valence-electron chi connectivity index (χ2n) is 4.55. The predicted octanol–water partition coefficient (Wildman–Crippen LogP) is 0.116. The molecule has 2 atom stereocenters. The third-order valence-corrected chi connectivity index (χ3v) is 4.80. The summed E-state index contributed by atoms with van der Waals surface area (Å²) < 4.78 is 35.9. The summed E-state index contributed by atoms with van der Waals surface area (Å²) in [5.41, 5.74) is 0.584. The summed E-state index contributed by atoms with van der Waals surface area (Å²) in [5, 5.41) is 12.5. The predicted molar refractivity (Wildman–Crippen MR) is 66.6 cm³/mol. The van der Waals surface area contributed by atoms with Crippen molar-refractivity contribution in [1.29, 1.82) is 0 Å². The molecule has 1 saturated heterocycles. The highest BCUT2D eigenvalue weighted by atomic mass is 32.2. The topological polar surface area (TPSA) is 66.4 Å². The zero-order valence-corrected chi connectivity index (χ0v) is 10.7. The molecule has 1 aromatic carbocycles. The summed E-state index contributed by atoms with van der Waals surface area (Å²) in [7, 11) is -3.13. The minimum atomic E-state index is -3.13. The maximum atomic E-state index is 13.3. The number of hydrogen-bond acceptors (Lipinski definition) is 4. The standard InChI is InChI=1S/C12H16FNO3S/c13-10-4-2-1-3-9(10)5-6-14-11-7-18(16,17)8-12(11)15/h1-4,11-12,14-15H,5-8H2/t11-,12+/m0/s1. The molecule has 4 nitrogen and oxygen atoms in total. The zero-order valence-electron chi connectivity index (χ0n) is 9.84. The number of aliphatic hydroxyl groups is 1. The van der Waals surface area contributed by atoms with Gasteiger partial charge in [-0.25, -0.2) is 12.8 Å². The van der Waals surface area contributed by atoms with Crippen LogP contribution in [0.2, 0.25) is 0 Å². The second kappa shape index (κ2) is 5.34. The van der Waals surface area contributed by atoms with Crippen LogP contribution in [0.3, 0.4) is 0 Å². The normalized spacial score (nSPS) is 26.3. The Kier molecular flexibility index (Phi) is 3.99. The molecular formula is C12H16FNO3S. The molecule has 0 unspecified atom stereocenters. The van der Waals surface area contributed by atoms with Crippen molar-refractivity contribution in [1.82, 2.24) is 5.32 Å². The third kappa shape index (κ3) is 3.28. The first-order valence-electron chi connectivity index (χ1n) is 5.83. The van der Waals surface area contributed by atoms with Crippen molar-refractivity contribution in [3.63, 3.8) is 0 Å². The van der Waals surface area contributed by atoms with Crippen molar-refractivity contribution in [3.8, 4) is 0 Å². The summed E-state index contributed by atoms with van der Waals surface area (Å²) in [5.74, 6) is -0.505. The van der Waals surface area contributed by atoms with Crippen molar-refractivity contribution >= 4 is 9.84 Å². The molecule has 0 bridgehead atoms. The lowest BCUT2D eigenvalue weighted by molar-refractivity contribution is 0.166. The Morgan fingerprint density at radius 3 is 2.67 bits per heavy atom. The van der Waals surface area contributed by atoms with E-state index >= 15 is 0 Å². The van der Waals surface area contributed by atoms with Crippen LogP contribution in [-0.4, -0.2) is 43.7 Å². The Labute approximate surface area is 106 Å². The summed E-state index contributed by atoms with van der Waals surface area (Å²) in [4.78, 5) is 0. The van der Waals surface area contributed by atoms with Crippen LogP contribution in [0.15, 0.2) is 24.3 Å². The van der Waals surface area contributed by atoms with Gasteiger partial charge in [-0.15, -0.1) is 0 Å². The summed E-state index contributed by atoms with van der Waals surface area (Å²) in [6.45, 7) is 0.443. The molecule has 1 aromatic rings. The molecule has 1 aliphatic rings. The average Bonchev–Trinajstić information content (AvgIpc) is 2.55. The van der Waals surface area contributed by atoms with Gasteiger partial charge in [0.1, 0.15) is 5.82 Å². The minimum Gasteiger partial charge on any atom is -0.390 e. The Balaban J connectivity index is 1.85. The van der Waals surface area contributed by atoms with Crippen LogP contribution in [0.5, 0.6) is 0 Å². The van der Waals surface area contributed by atoms with Crippen LogP contribution < -0.4 is 5.32 Å². The zero-order chi connectivity index (χ0) is 13.2. The number of nitrogens with one attached hydrogen (secondary N) is 1. The molecule has 0 amide bonds. The molecule has 0 aromatic heterocycles. The van der Waals surface area contributed by atoms with E-state index in [1.165, 1.54) is 6.07 Å². The van der Waals surface area contributed by atoms with Crippen molar-refractivity contribution in [3.05, 3.63) is 35.6 Å². The van der Waals surface area contributed by atoms with Gasteiger partial charge in [0.25, 0.3) is 0 Å². The maximum absolute atomic E-state index is 13.3. The first-order valence-corrected chi connectivity index (χ1v) is 7.65. The first-order chi connectivity index (χ1) is 8.48. The number of rotatable bonds is 4. The molecule has 100 valence electrons. The smallest absolute Gasteiger partial charge is 0.154 e. The van der Waals surface area contributed by atoms with Crippen LogP contribution in [0.4, 0.5) is 4.39 Å². The van der Waals surface area contributed by atoms with E-state index in [9.17, 15) is 17.9 Å². The molecule has 2 N–H and O–H groups in total. The monoisotopic (exact) mass is 273 g/mol. The van der Waals surface area contributed by atoms with Gasteiger partial charge in [0.2, 0.25) is 0 Å². The van der Waals surface area contributed by atoms with Gasteiger partial charge in [0.15, 0.2) is 9.84 Å². The largest absolute Gasteiger partial charge is 0.390 e. The van der Waals surface area contributed by atoms with Crippen molar-refractivity contribution in [2.45, 2.75) is 18.6 Å². The lowest BCUT2D eigenvalue weighted by atomic mass is 10.1. The van der Waals surface area contributed by atoms with Gasteiger partial charge in [-0.1, -0.05) is 18.2 Å². The SMILES string of the molecule is O=S1(=O)C[C@@H](O)[C@@H](NCCc2ccccc2F)C1. The molecule has 1 aliphatic heterocycles.